The summed E-state index contributed by atoms with van der Waals surface area (Å²) in [4.78, 5) is 11.5. The maximum absolute atomic E-state index is 11.5. The molecule has 0 radical (unpaired) electrons. The summed E-state index contributed by atoms with van der Waals surface area (Å²) in [6.45, 7) is 4.21. The van der Waals surface area contributed by atoms with Gasteiger partial charge in [-0.15, -0.1) is 0 Å². The molecule has 1 aliphatic rings. The summed E-state index contributed by atoms with van der Waals surface area (Å²) in [5, 5.41) is 0. The van der Waals surface area contributed by atoms with Crippen molar-refractivity contribution in [1.29, 1.82) is 0 Å². The second-order valence-electron chi connectivity index (χ2n) is 3.86. The molecule has 1 aromatic carbocycles. The molecular formula is C11H12O2. The van der Waals surface area contributed by atoms with Crippen LogP contribution in [0.3, 0.4) is 0 Å². The van der Waals surface area contributed by atoms with E-state index < -0.39 is 5.41 Å². The summed E-state index contributed by atoms with van der Waals surface area (Å²) in [5.74, 6) is -0.133. The van der Waals surface area contributed by atoms with E-state index in [1.165, 1.54) is 0 Å². The molecule has 0 saturated carbocycles. The quantitative estimate of drug-likeness (QED) is 0.565. The van der Waals surface area contributed by atoms with Crippen molar-refractivity contribution in [3.63, 3.8) is 0 Å². The number of hydrogen-bond donors (Lipinski definition) is 0. The van der Waals surface area contributed by atoms with Gasteiger partial charge in [0.05, 0.1) is 5.41 Å². The SMILES string of the molecule is CC1(C)C(=O)OCc2ccccc21. The van der Waals surface area contributed by atoms with Crippen molar-refractivity contribution < 1.29 is 9.53 Å². The fraction of sp³-hybridized carbons (Fsp3) is 0.364. The average molecular weight is 176 g/mol. The Morgan fingerprint density at radius 3 is 2.77 bits per heavy atom. The van der Waals surface area contributed by atoms with E-state index in [1.807, 2.05) is 38.1 Å². The van der Waals surface area contributed by atoms with E-state index in [0.29, 0.717) is 6.61 Å². The Morgan fingerprint density at radius 2 is 2.00 bits per heavy atom. The van der Waals surface area contributed by atoms with Crippen LogP contribution < -0.4 is 0 Å². The van der Waals surface area contributed by atoms with E-state index in [4.69, 9.17) is 4.74 Å². The van der Waals surface area contributed by atoms with Gasteiger partial charge < -0.3 is 4.74 Å². The number of benzene rings is 1. The molecule has 0 unspecified atom stereocenters. The van der Waals surface area contributed by atoms with Crippen LogP contribution >= 0.6 is 0 Å². The van der Waals surface area contributed by atoms with Crippen molar-refractivity contribution >= 4 is 5.97 Å². The third-order valence-electron chi connectivity index (χ3n) is 2.56. The standard InChI is InChI=1S/C11H12O2/c1-11(2)9-6-4-3-5-8(9)7-13-10(11)12/h3-6H,7H2,1-2H3. The molecule has 0 aromatic heterocycles. The number of carbonyl (C=O) groups excluding carboxylic acids is 1. The zero-order valence-electron chi connectivity index (χ0n) is 7.83. The van der Waals surface area contributed by atoms with Crippen LogP contribution in [-0.2, 0) is 21.6 Å². The van der Waals surface area contributed by atoms with Crippen LogP contribution in [0.2, 0.25) is 0 Å². The van der Waals surface area contributed by atoms with Crippen LogP contribution in [0, 0.1) is 0 Å². The summed E-state index contributed by atoms with van der Waals surface area (Å²) in [7, 11) is 0. The van der Waals surface area contributed by atoms with E-state index in [1.54, 1.807) is 0 Å². The highest BCUT2D eigenvalue weighted by Crippen LogP contribution is 2.32. The third-order valence-corrected chi connectivity index (χ3v) is 2.56. The Labute approximate surface area is 77.5 Å². The van der Waals surface area contributed by atoms with Crippen LogP contribution in [0.1, 0.15) is 25.0 Å². The molecule has 0 N–H and O–H groups in total. The molecule has 13 heavy (non-hydrogen) atoms. The average Bonchev–Trinajstić information content (AvgIpc) is 2.13. The Hall–Kier alpha value is -1.31. The maximum Gasteiger partial charge on any atom is 0.316 e. The van der Waals surface area contributed by atoms with Crippen LogP contribution in [0.15, 0.2) is 24.3 Å². The highest BCUT2D eigenvalue weighted by Gasteiger charge is 2.36. The van der Waals surface area contributed by atoms with Gasteiger partial charge in [-0.3, -0.25) is 4.79 Å². The normalized spacial score (nSPS) is 19.1. The summed E-state index contributed by atoms with van der Waals surface area (Å²) in [6.07, 6.45) is 0. The topological polar surface area (TPSA) is 26.3 Å². The summed E-state index contributed by atoms with van der Waals surface area (Å²) in [6, 6.07) is 7.92. The molecule has 2 rings (SSSR count). The minimum atomic E-state index is -0.491. The van der Waals surface area contributed by atoms with Gasteiger partial charge in [0.1, 0.15) is 6.61 Å². The number of cyclic esters (lactones) is 1. The molecule has 0 aliphatic carbocycles. The van der Waals surface area contributed by atoms with Gasteiger partial charge >= 0.3 is 5.97 Å². The molecule has 1 aliphatic heterocycles. The first-order valence-corrected chi connectivity index (χ1v) is 4.38. The van der Waals surface area contributed by atoms with Gasteiger partial charge in [0.2, 0.25) is 0 Å². The molecule has 2 nitrogen and oxygen atoms in total. The number of fused-ring (bicyclic) bond motifs is 1. The molecule has 0 fully saturated rings. The minimum Gasteiger partial charge on any atom is -0.460 e. The fourth-order valence-corrected chi connectivity index (χ4v) is 1.69. The Kier molecular flexibility index (Phi) is 1.65. The number of hydrogen-bond acceptors (Lipinski definition) is 2. The molecule has 68 valence electrons. The first kappa shape index (κ1) is 8.30. The van der Waals surface area contributed by atoms with Crippen molar-refractivity contribution in [2.75, 3.05) is 0 Å². The van der Waals surface area contributed by atoms with Crippen molar-refractivity contribution in [2.24, 2.45) is 0 Å². The largest absolute Gasteiger partial charge is 0.460 e. The second-order valence-corrected chi connectivity index (χ2v) is 3.86. The van der Waals surface area contributed by atoms with E-state index in [0.717, 1.165) is 11.1 Å². The molecule has 2 heteroatoms. The van der Waals surface area contributed by atoms with Gasteiger partial charge in [-0.05, 0) is 25.0 Å². The molecule has 0 bridgehead atoms. The highest BCUT2D eigenvalue weighted by atomic mass is 16.5. The highest BCUT2D eigenvalue weighted by molar-refractivity contribution is 5.84. The van der Waals surface area contributed by atoms with Gasteiger partial charge in [0.15, 0.2) is 0 Å². The van der Waals surface area contributed by atoms with Crippen molar-refractivity contribution in [3.05, 3.63) is 35.4 Å². The lowest BCUT2D eigenvalue weighted by Crippen LogP contribution is -2.35. The van der Waals surface area contributed by atoms with Crippen LogP contribution in [0.4, 0.5) is 0 Å². The molecule has 1 aromatic rings. The first-order valence-electron chi connectivity index (χ1n) is 4.38. The van der Waals surface area contributed by atoms with Gasteiger partial charge in [-0.25, -0.2) is 0 Å². The summed E-state index contributed by atoms with van der Waals surface area (Å²) < 4.78 is 5.08. The van der Waals surface area contributed by atoms with Gasteiger partial charge in [-0.2, -0.15) is 0 Å². The fourth-order valence-electron chi connectivity index (χ4n) is 1.69. The smallest absolute Gasteiger partial charge is 0.316 e. The molecule has 0 atom stereocenters. The van der Waals surface area contributed by atoms with E-state index >= 15 is 0 Å². The molecule has 0 amide bonds. The molecule has 0 spiro atoms. The number of ether oxygens (including phenoxy) is 1. The van der Waals surface area contributed by atoms with Crippen LogP contribution in [-0.4, -0.2) is 5.97 Å². The Morgan fingerprint density at radius 1 is 1.31 bits per heavy atom. The molecular weight excluding hydrogens is 164 g/mol. The van der Waals surface area contributed by atoms with Crippen molar-refractivity contribution in [3.8, 4) is 0 Å². The van der Waals surface area contributed by atoms with Gasteiger partial charge in [-0.1, -0.05) is 24.3 Å². The monoisotopic (exact) mass is 176 g/mol. The number of esters is 1. The summed E-state index contributed by atoms with van der Waals surface area (Å²) in [5.41, 5.74) is 1.72. The predicted molar refractivity (Wildman–Crippen MR) is 49.3 cm³/mol. The number of carbonyl (C=O) groups is 1. The second kappa shape index (κ2) is 2.59. The zero-order valence-corrected chi connectivity index (χ0v) is 7.83. The predicted octanol–water partition coefficient (Wildman–Crippen LogP) is 2.02. The van der Waals surface area contributed by atoms with Crippen LogP contribution in [0.25, 0.3) is 0 Å². The lowest BCUT2D eigenvalue weighted by molar-refractivity contribution is -0.152. The zero-order chi connectivity index (χ0) is 9.47. The van der Waals surface area contributed by atoms with Gasteiger partial charge in [0.25, 0.3) is 0 Å². The Bertz CT molecular complexity index is 353. The van der Waals surface area contributed by atoms with Gasteiger partial charge in [0, 0.05) is 0 Å². The molecule has 1 heterocycles. The maximum atomic E-state index is 11.5. The van der Waals surface area contributed by atoms with E-state index in [2.05, 4.69) is 0 Å². The van der Waals surface area contributed by atoms with Crippen molar-refractivity contribution in [1.82, 2.24) is 0 Å². The first-order chi connectivity index (χ1) is 6.12. The molecule has 0 saturated heterocycles. The summed E-state index contributed by atoms with van der Waals surface area (Å²) >= 11 is 0. The van der Waals surface area contributed by atoms with E-state index in [-0.39, 0.29) is 5.97 Å². The number of rotatable bonds is 0. The van der Waals surface area contributed by atoms with Crippen LogP contribution in [0.5, 0.6) is 0 Å². The third kappa shape index (κ3) is 1.13. The Balaban J connectivity index is 2.59. The lowest BCUT2D eigenvalue weighted by atomic mass is 9.80. The van der Waals surface area contributed by atoms with Crippen molar-refractivity contribution in [2.45, 2.75) is 25.9 Å². The van der Waals surface area contributed by atoms with E-state index in [9.17, 15) is 4.79 Å². The minimum absolute atomic E-state index is 0.133. The lowest BCUT2D eigenvalue weighted by Gasteiger charge is -2.30.